The molecule has 110 valence electrons. The van der Waals surface area contributed by atoms with Crippen LogP contribution in [-0.2, 0) is 0 Å². The second kappa shape index (κ2) is 6.29. The minimum Gasteiger partial charge on any atom is -0.0839 e. The van der Waals surface area contributed by atoms with Crippen LogP contribution >= 0.6 is 0 Å². The maximum absolute atomic E-state index is 2.53. The molecule has 0 bridgehead atoms. The lowest BCUT2D eigenvalue weighted by atomic mass is 9.76. The summed E-state index contributed by atoms with van der Waals surface area (Å²) in [5, 5.41) is 0. The Morgan fingerprint density at radius 2 is 1.79 bits per heavy atom. The molecule has 0 N–H and O–H groups in total. The number of rotatable bonds is 4. The summed E-state index contributed by atoms with van der Waals surface area (Å²) in [5.74, 6) is 1.43. The zero-order valence-electron chi connectivity index (χ0n) is 14.2. The van der Waals surface area contributed by atoms with E-state index in [1.54, 1.807) is 5.57 Å². The van der Waals surface area contributed by atoms with E-state index in [4.69, 9.17) is 0 Å². The lowest BCUT2D eigenvalue weighted by Crippen LogP contribution is -2.18. The normalized spacial score (nSPS) is 22.3. The van der Waals surface area contributed by atoms with Crippen molar-refractivity contribution in [3.63, 3.8) is 0 Å². The highest BCUT2D eigenvalue weighted by molar-refractivity contribution is 5.20. The van der Waals surface area contributed by atoms with Gasteiger partial charge in [-0.15, -0.1) is 0 Å². The van der Waals surface area contributed by atoms with E-state index in [1.165, 1.54) is 25.7 Å². The zero-order valence-corrected chi connectivity index (χ0v) is 14.2. The number of allylic oxidation sites excluding steroid dienone is 4. The summed E-state index contributed by atoms with van der Waals surface area (Å²) in [6, 6.07) is 0. The van der Waals surface area contributed by atoms with Crippen LogP contribution in [0.4, 0.5) is 0 Å². The van der Waals surface area contributed by atoms with Gasteiger partial charge in [0.1, 0.15) is 0 Å². The smallest absolute Gasteiger partial charge is 0.000197 e. The Kier molecular flexibility index (Phi) is 5.47. The van der Waals surface area contributed by atoms with E-state index in [2.05, 4.69) is 66.7 Å². The van der Waals surface area contributed by atoms with Gasteiger partial charge < -0.3 is 0 Å². The Labute approximate surface area is 121 Å². The van der Waals surface area contributed by atoms with E-state index in [0.717, 1.165) is 5.92 Å². The average Bonchev–Trinajstić information content (AvgIpc) is 2.27. The number of hydrogen-bond acceptors (Lipinski definition) is 0. The lowest BCUT2D eigenvalue weighted by Gasteiger charge is -2.29. The van der Waals surface area contributed by atoms with Crippen LogP contribution in [0.15, 0.2) is 23.8 Å². The van der Waals surface area contributed by atoms with Crippen molar-refractivity contribution in [1.82, 2.24) is 0 Å². The summed E-state index contributed by atoms with van der Waals surface area (Å²) in [7, 11) is 0. The minimum absolute atomic E-state index is 0.362. The Hall–Kier alpha value is -0.520. The molecule has 0 saturated heterocycles. The highest BCUT2D eigenvalue weighted by Gasteiger charge is 2.23. The van der Waals surface area contributed by atoms with Crippen molar-refractivity contribution < 1.29 is 0 Å². The van der Waals surface area contributed by atoms with Gasteiger partial charge in [-0.1, -0.05) is 72.3 Å². The fourth-order valence-electron chi connectivity index (χ4n) is 2.54. The highest BCUT2D eigenvalue weighted by atomic mass is 14.3. The standard InChI is InChI=1S/C19H34/c1-15(18(2,3)4)10-8-11-16-12-9-13-17(14-16)19(5,6)7/h9,13-15,17H,8,10-12H2,1-7H3. The van der Waals surface area contributed by atoms with Gasteiger partial charge in [-0.05, 0) is 48.3 Å². The van der Waals surface area contributed by atoms with E-state index in [1.807, 2.05) is 0 Å². The monoisotopic (exact) mass is 262 g/mol. The van der Waals surface area contributed by atoms with Crippen LogP contribution in [-0.4, -0.2) is 0 Å². The molecule has 0 aromatic carbocycles. The van der Waals surface area contributed by atoms with Crippen LogP contribution in [0, 0.1) is 22.7 Å². The zero-order chi connectivity index (χ0) is 14.7. The largest absolute Gasteiger partial charge is 0.0839 e. The molecule has 0 heterocycles. The van der Waals surface area contributed by atoms with Gasteiger partial charge in [0.2, 0.25) is 0 Å². The van der Waals surface area contributed by atoms with Crippen LogP contribution in [0.5, 0.6) is 0 Å². The molecule has 0 nitrogen and oxygen atoms in total. The maximum atomic E-state index is 2.53. The van der Waals surface area contributed by atoms with Crippen molar-refractivity contribution in [3.8, 4) is 0 Å². The van der Waals surface area contributed by atoms with Crippen LogP contribution in [0.2, 0.25) is 0 Å². The van der Waals surface area contributed by atoms with Crippen molar-refractivity contribution >= 4 is 0 Å². The van der Waals surface area contributed by atoms with Crippen molar-refractivity contribution in [3.05, 3.63) is 23.8 Å². The molecular weight excluding hydrogens is 228 g/mol. The number of hydrogen-bond donors (Lipinski definition) is 0. The van der Waals surface area contributed by atoms with Crippen molar-refractivity contribution in [2.24, 2.45) is 22.7 Å². The minimum atomic E-state index is 0.362. The Morgan fingerprint density at radius 3 is 2.32 bits per heavy atom. The molecule has 1 aliphatic carbocycles. The molecule has 19 heavy (non-hydrogen) atoms. The predicted molar refractivity (Wildman–Crippen MR) is 87.3 cm³/mol. The molecule has 0 heteroatoms. The first-order chi connectivity index (χ1) is 8.60. The van der Waals surface area contributed by atoms with Gasteiger partial charge in [0.25, 0.3) is 0 Å². The predicted octanol–water partition coefficient (Wildman–Crippen LogP) is 6.39. The third-order valence-corrected chi connectivity index (χ3v) is 4.75. The molecule has 0 aromatic rings. The van der Waals surface area contributed by atoms with Crippen LogP contribution in [0.3, 0.4) is 0 Å². The van der Waals surface area contributed by atoms with E-state index in [9.17, 15) is 0 Å². The first kappa shape index (κ1) is 16.5. The Bertz CT molecular complexity index is 330. The second-order valence-corrected chi connectivity index (χ2v) is 8.51. The maximum Gasteiger partial charge on any atom is -0.000197 e. The summed E-state index contributed by atoms with van der Waals surface area (Å²) in [6.07, 6.45) is 12.5. The molecular formula is C19H34. The van der Waals surface area contributed by atoms with Gasteiger partial charge in [0.05, 0.1) is 0 Å². The van der Waals surface area contributed by atoms with Crippen LogP contribution in [0.1, 0.15) is 74.1 Å². The first-order valence-corrected chi connectivity index (χ1v) is 7.97. The molecule has 0 amide bonds. The van der Waals surface area contributed by atoms with Crippen molar-refractivity contribution in [2.45, 2.75) is 74.1 Å². The van der Waals surface area contributed by atoms with E-state index in [-0.39, 0.29) is 0 Å². The Balaban J connectivity index is 2.44. The fourth-order valence-corrected chi connectivity index (χ4v) is 2.54. The van der Waals surface area contributed by atoms with Gasteiger partial charge >= 0.3 is 0 Å². The molecule has 1 rings (SSSR count). The lowest BCUT2D eigenvalue weighted by molar-refractivity contribution is 0.242. The van der Waals surface area contributed by atoms with Gasteiger partial charge in [-0.2, -0.15) is 0 Å². The molecule has 0 fully saturated rings. The third-order valence-electron chi connectivity index (χ3n) is 4.75. The molecule has 0 saturated carbocycles. The molecule has 0 aliphatic heterocycles. The quantitative estimate of drug-likeness (QED) is 0.515. The molecule has 0 spiro atoms. The van der Waals surface area contributed by atoms with Gasteiger partial charge in [0.15, 0.2) is 0 Å². The topological polar surface area (TPSA) is 0 Å². The van der Waals surface area contributed by atoms with Crippen LogP contribution in [0.25, 0.3) is 0 Å². The van der Waals surface area contributed by atoms with E-state index < -0.39 is 0 Å². The fraction of sp³-hybridized carbons (Fsp3) is 0.789. The average molecular weight is 262 g/mol. The molecule has 1 aliphatic rings. The highest BCUT2D eigenvalue weighted by Crippen LogP contribution is 2.34. The summed E-state index contributed by atoms with van der Waals surface area (Å²) in [4.78, 5) is 0. The van der Waals surface area contributed by atoms with Crippen molar-refractivity contribution in [2.75, 3.05) is 0 Å². The van der Waals surface area contributed by atoms with E-state index in [0.29, 0.717) is 16.7 Å². The summed E-state index contributed by atoms with van der Waals surface area (Å²) < 4.78 is 0. The van der Waals surface area contributed by atoms with Crippen molar-refractivity contribution in [1.29, 1.82) is 0 Å². The Morgan fingerprint density at radius 1 is 1.16 bits per heavy atom. The van der Waals surface area contributed by atoms with E-state index >= 15 is 0 Å². The van der Waals surface area contributed by atoms with Gasteiger partial charge in [0, 0.05) is 0 Å². The second-order valence-electron chi connectivity index (χ2n) is 8.51. The summed E-state index contributed by atoms with van der Waals surface area (Å²) in [5.41, 5.74) is 2.47. The molecule has 0 aromatic heterocycles. The molecule has 2 atom stereocenters. The third kappa shape index (κ3) is 5.55. The van der Waals surface area contributed by atoms with Crippen LogP contribution < -0.4 is 0 Å². The summed E-state index contributed by atoms with van der Waals surface area (Å²) >= 11 is 0. The SMILES string of the molecule is CC(CCCC1=CC(C(C)(C)C)C=CC1)C(C)(C)C. The molecule has 2 unspecified atom stereocenters. The summed E-state index contributed by atoms with van der Waals surface area (Å²) in [6.45, 7) is 16.5. The first-order valence-electron chi connectivity index (χ1n) is 7.97. The van der Waals surface area contributed by atoms with Gasteiger partial charge in [-0.3, -0.25) is 0 Å². The molecule has 0 radical (unpaired) electrons. The van der Waals surface area contributed by atoms with Gasteiger partial charge in [-0.25, -0.2) is 0 Å².